The van der Waals surface area contributed by atoms with Crippen LogP contribution < -0.4 is 0 Å². The first-order chi connectivity index (χ1) is 16.5. The summed E-state index contributed by atoms with van der Waals surface area (Å²) in [7, 11) is 0. The molecule has 0 unspecified atom stereocenters. The maximum absolute atomic E-state index is 12.1. The van der Waals surface area contributed by atoms with Gasteiger partial charge in [-0.3, -0.25) is 9.69 Å². The molecule has 0 fully saturated rings. The summed E-state index contributed by atoms with van der Waals surface area (Å²) in [6, 6.07) is 37.0. The van der Waals surface area contributed by atoms with E-state index in [1.165, 1.54) is 11.1 Å². The third-order valence-corrected chi connectivity index (χ3v) is 6.49. The minimum atomic E-state index is -0.801. The summed E-state index contributed by atoms with van der Waals surface area (Å²) in [5.41, 5.74) is 6.81. The Hall–Kier alpha value is -3.69. The van der Waals surface area contributed by atoms with Crippen LogP contribution in [0.15, 0.2) is 109 Å². The van der Waals surface area contributed by atoms with Crippen molar-refractivity contribution in [2.24, 2.45) is 0 Å². The van der Waals surface area contributed by atoms with E-state index >= 15 is 0 Å². The number of hydrogen-bond acceptors (Lipinski definition) is 2. The van der Waals surface area contributed by atoms with Gasteiger partial charge in [0, 0.05) is 18.6 Å². The molecule has 2 atom stereocenters. The third-order valence-electron chi connectivity index (χ3n) is 6.49. The molecule has 4 rings (SSSR count). The molecule has 0 aliphatic rings. The van der Waals surface area contributed by atoms with Crippen LogP contribution in [-0.2, 0) is 11.3 Å². The summed E-state index contributed by atoms with van der Waals surface area (Å²) >= 11 is 0. The van der Waals surface area contributed by atoms with E-state index in [0.717, 1.165) is 22.3 Å². The highest BCUT2D eigenvalue weighted by molar-refractivity contribution is 5.70. The predicted octanol–water partition coefficient (Wildman–Crippen LogP) is 7.44. The minimum absolute atomic E-state index is 0.0291. The molecule has 0 aliphatic heterocycles. The molecule has 0 spiro atoms. The van der Waals surface area contributed by atoms with E-state index < -0.39 is 5.97 Å². The molecule has 0 aliphatic carbocycles. The van der Waals surface area contributed by atoms with E-state index in [1.807, 2.05) is 54.6 Å². The topological polar surface area (TPSA) is 40.5 Å². The van der Waals surface area contributed by atoms with Crippen LogP contribution in [0.4, 0.5) is 0 Å². The number of carboxylic acids is 1. The van der Waals surface area contributed by atoms with Crippen molar-refractivity contribution >= 4 is 5.97 Å². The first-order valence-corrected chi connectivity index (χ1v) is 11.8. The van der Waals surface area contributed by atoms with Gasteiger partial charge in [0.15, 0.2) is 0 Å². The Kier molecular flexibility index (Phi) is 7.56. The van der Waals surface area contributed by atoms with Crippen molar-refractivity contribution in [3.05, 3.63) is 131 Å². The van der Waals surface area contributed by atoms with E-state index in [4.69, 9.17) is 0 Å². The molecule has 0 radical (unpaired) electrons. The maximum atomic E-state index is 12.1. The third kappa shape index (κ3) is 5.62. The van der Waals surface area contributed by atoms with E-state index in [9.17, 15) is 9.90 Å². The fourth-order valence-electron chi connectivity index (χ4n) is 4.60. The molecule has 3 heteroatoms. The summed E-state index contributed by atoms with van der Waals surface area (Å²) in [6.45, 7) is 4.93. The number of carboxylic acid groups (broad SMARTS) is 1. The molecule has 0 saturated carbocycles. The molecule has 0 heterocycles. The maximum Gasteiger partial charge on any atom is 0.305 e. The van der Waals surface area contributed by atoms with E-state index in [2.05, 4.69) is 73.3 Å². The molecule has 4 aromatic rings. The normalized spacial score (nSPS) is 12.9. The largest absolute Gasteiger partial charge is 0.481 e. The Morgan fingerprint density at radius 2 is 1.38 bits per heavy atom. The number of aryl methyl sites for hydroxylation is 1. The quantitative estimate of drug-likeness (QED) is 0.289. The van der Waals surface area contributed by atoms with Crippen LogP contribution in [-0.4, -0.2) is 16.0 Å². The zero-order valence-electron chi connectivity index (χ0n) is 19.8. The molecule has 0 amide bonds. The van der Waals surface area contributed by atoms with Gasteiger partial charge in [0.05, 0.1) is 6.42 Å². The fourth-order valence-corrected chi connectivity index (χ4v) is 4.60. The van der Waals surface area contributed by atoms with Crippen LogP contribution in [0.2, 0.25) is 0 Å². The van der Waals surface area contributed by atoms with Gasteiger partial charge in [-0.25, -0.2) is 0 Å². The Morgan fingerprint density at radius 1 is 0.794 bits per heavy atom. The van der Waals surface area contributed by atoms with Crippen molar-refractivity contribution < 1.29 is 9.90 Å². The average Bonchev–Trinajstić information content (AvgIpc) is 2.87. The van der Waals surface area contributed by atoms with E-state index in [0.29, 0.717) is 6.54 Å². The monoisotopic (exact) mass is 449 g/mol. The second kappa shape index (κ2) is 11.0. The van der Waals surface area contributed by atoms with Crippen molar-refractivity contribution in [1.29, 1.82) is 0 Å². The average molecular weight is 450 g/mol. The van der Waals surface area contributed by atoms with Crippen LogP contribution in [0.1, 0.15) is 47.7 Å². The molecule has 1 N–H and O–H groups in total. The SMILES string of the molecule is Cc1ccc([C@H](CC(=O)O)N(Cc2ccccc2)[C@H](C)c2ccccc2)cc1-c1ccccc1. The molecular formula is C31H31NO2. The van der Waals surface area contributed by atoms with Crippen LogP contribution in [0.3, 0.4) is 0 Å². The molecule has 34 heavy (non-hydrogen) atoms. The highest BCUT2D eigenvalue weighted by atomic mass is 16.4. The Labute approximate surface area is 202 Å². The van der Waals surface area contributed by atoms with Crippen molar-refractivity contribution in [3.63, 3.8) is 0 Å². The van der Waals surface area contributed by atoms with Gasteiger partial charge in [-0.1, -0.05) is 103 Å². The van der Waals surface area contributed by atoms with Crippen molar-refractivity contribution in [3.8, 4) is 11.1 Å². The molecule has 172 valence electrons. The van der Waals surface area contributed by atoms with Crippen molar-refractivity contribution in [1.82, 2.24) is 4.90 Å². The van der Waals surface area contributed by atoms with Gasteiger partial charge in [-0.2, -0.15) is 0 Å². The number of hydrogen-bond donors (Lipinski definition) is 1. The molecular weight excluding hydrogens is 418 g/mol. The lowest BCUT2D eigenvalue weighted by Crippen LogP contribution is -2.32. The lowest BCUT2D eigenvalue weighted by Gasteiger charge is -2.37. The summed E-state index contributed by atoms with van der Waals surface area (Å²) in [5.74, 6) is -0.801. The van der Waals surface area contributed by atoms with Gasteiger partial charge in [0.1, 0.15) is 0 Å². The van der Waals surface area contributed by atoms with E-state index in [-0.39, 0.29) is 18.5 Å². The summed E-state index contributed by atoms with van der Waals surface area (Å²) in [6.07, 6.45) is 0.0291. The van der Waals surface area contributed by atoms with Gasteiger partial charge in [0.2, 0.25) is 0 Å². The molecule has 4 aromatic carbocycles. The summed E-state index contributed by atoms with van der Waals surface area (Å²) in [5, 5.41) is 9.93. The molecule has 0 aromatic heterocycles. The van der Waals surface area contributed by atoms with Gasteiger partial charge >= 0.3 is 5.97 Å². The summed E-state index contributed by atoms with van der Waals surface area (Å²) in [4.78, 5) is 14.4. The highest BCUT2D eigenvalue weighted by Crippen LogP contribution is 2.37. The van der Waals surface area contributed by atoms with Gasteiger partial charge in [-0.15, -0.1) is 0 Å². The number of benzene rings is 4. The van der Waals surface area contributed by atoms with E-state index in [1.54, 1.807) is 0 Å². The minimum Gasteiger partial charge on any atom is -0.481 e. The Balaban J connectivity index is 1.80. The molecule has 0 bridgehead atoms. The molecule has 3 nitrogen and oxygen atoms in total. The van der Waals surface area contributed by atoms with Crippen LogP contribution in [0.5, 0.6) is 0 Å². The summed E-state index contributed by atoms with van der Waals surface area (Å²) < 4.78 is 0. The smallest absolute Gasteiger partial charge is 0.305 e. The second-order valence-corrected chi connectivity index (χ2v) is 8.80. The standard InChI is InChI=1S/C31H31NO2/c1-23-18-19-28(20-29(23)27-16-10-5-11-17-27)30(21-31(33)34)32(22-25-12-6-3-7-13-25)24(2)26-14-8-4-9-15-26/h3-20,24,30H,21-22H2,1-2H3,(H,33,34)/t24-,30+/m1/s1. The fraction of sp³-hybridized carbons (Fsp3) is 0.194. The lowest BCUT2D eigenvalue weighted by molar-refractivity contribution is -0.138. The van der Waals surface area contributed by atoms with Gasteiger partial charge in [0.25, 0.3) is 0 Å². The second-order valence-electron chi connectivity index (χ2n) is 8.80. The zero-order valence-corrected chi connectivity index (χ0v) is 19.8. The van der Waals surface area contributed by atoms with Gasteiger partial charge < -0.3 is 5.11 Å². The van der Waals surface area contributed by atoms with Crippen molar-refractivity contribution in [2.75, 3.05) is 0 Å². The van der Waals surface area contributed by atoms with Crippen LogP contribution in [0.25, 0.3) is 11.1 Å². The number of rotatable bonds is 9. The molecule has 0 saturated heterocycles. The van der Waals surface area contributed by atoms with Crippen molar-refractivity contribution in [2.45, 2.75) is 38.9 Å². The number of carbonyl (C=O) groups is 1. The number of nitrogens with zero attached hydrogens (tertiary/aromatic N) is 1. The zero-order chi connectivity index (χ0) is 23.9. The number of aliphatic carboxylic acids is 1. The predicted molar refractivity (Wildman–Crippen MR) is 138 cm³/mol. The Morgan fingerprint density at radius 3 is 2.00 bits per heavy atom. The van der Waals surface area contributed by atoms with Crippen LogP contribution in [0, 0.1) is 6.92 Å². The first-order valence-electron chi connectivity index (χ1n) is 11.8. The van der Waals surface area contributed by atoms with Gasteiger partial charge in [-0.05, 0) is 53.3 Å². The highest BCUT2D eigenvalue weighted by Gasteiger charge is 2.29. The lowest BCUT2D eigenvalue weighted by atomic mass is 9.92. The first kappa shape index (κ1) is 23.5. The Bertz CT molecular complexity index is 1210. The van der Waals surface area contributed by atoms with Crippen LogP contribution >= 0.6 is 0 Å².